The standard InChI is InChI=1S/C9H5FIN/c10-7-3-6-4-8(11)1-2-9(6)12-5-7/h1-5H. The van der Waals surface area contributed by atoms with E-state index in [1.165, 1.54) is 12.3 Å². The maximum absolute atomic E-state index is 12.7. The fraction of sp³-hybridized carbons (Fsp3) is 0. The van der Waals surface area contributed by atoms with Gasteiger partial charge >= 0.3 is 0 Å². The van der Waals surface area contributed by atoms with E-state index in [1.807, 2.05) is 18.2 Å². The van der Waals surface area contributed by atoms with Crippen LogP contribution < -0.4 is 0 Å². The summed E-state index contributed by atoms with van der Waals surface area (Å²) in [4.78, 5) is 3.94. The van der Waals surface area contributed by atoms with E-state index in [2.05, 4.69) is 27.6 Å². The molecule has 0 aliphatic heterocycles. The molecular weight excluding hydrogens is 268 g/mol. The highest BCUT2D eigenvalue weighted by Gasteiger charge is 1.96. The summed E-state index contributed by atoms with van der Waals surface area (Å²) in [5.41, 5.74) is 0.830. The molecule has 1 heterocycles. The Balaban J connectivity index is 2.80. The van der Waals surface area contributed by atoms with Crippen LogP contribution in [0.3, 0.4) is 0 Å². The topological polar surface area (TPSA) is 12.9 Å². The van der Waals surface area contributed by atoms with Crippen LogP contribution in [0.25, 0.3) is 10.9 Å². The first kappa shape index (κ1) is 7.91. The van der Waals surface area contributed by atoms with Gasteiger partial charge in [-0.15, -0.1) is 0 Å². The quantitative estimate of drug-likeness (QED) is 0.672. The molecule has 0 saturated carbocycles. The third-order valence-corrected chi connectivity index (χ3v) is 2.28. The van der Waals surface area contributed by atoms with E-state index in [-0.39, 0.29) is 5.82 Å². The zero-order valence-corrected chi connectivity index (χ0v) is 8.25. The summed E-state index contributed by atoms with van der Waals surface area (Å²) in [5, 5.41) is 0.849. The number of fused-ring (bicyclic) bond motifs is 1. The van der Waals surface area contributed by atoms with Gasteiger partial charge < -0.3 is 0 Å². The number of hydrogen-bond donors (Lipinski definition) is 0. The van der Waals surface area contributed by atoms with Crippen molar-refractivity contribution in [2.45, 2.75) is 0 Å². The van der Waals surface area contributed by atoms with Crippen molar-refractivity contribution < 1.29 is 4.39 Å². The predicted molar refractivity (Wildman–Crippen MR) is 54.4 cm³/mol. The summed E-state index contributed by atoms with van der Waals surface area (Å²) in [7, 11) is 0. The Morgan fingerprint density at radius 3 is 2.92 bits per heavy atom. The van der Waals surface area contributed by atoms with Crippen LogP contribution in [-0.2, 0) is 0 Å². The van der Waals surface area contributed by atoms with Gasteiger partial charge in [-0.25, -0.2) is 4.39 Å². The molecule has 0 radical (unpaired) electrons. The van der Waals surface area contributed by atoms with Crippen molar-refractivity contribution in [3.63, 3.8) is 0 Å². The average molecular weight is 273 g/mol. The Kier molecular flexibility index (Phi) is 1.96. The van der Waals surface area contributed by atoms with Gasteiger partial charge in [-0.1, -0.05) is 0 Å². The minimum atomic E-state index is -0.287. The molecule has 0 amide bonds. The summed E-state index contributed by atoms with van der Waals surface area (Å²) in [5.74, 6) is -0.287. The van der Waals surface area contributed by atoms with Crippen LogP contribution in [0, 0.1) is 9.39 Å². The first-order chi connectivity index (χ1) is 5.75. The maximum atomic E-state index is 12.7. The number of nitrogens with zero attached hydrogens (tertiary/aromatic N) is 1. The Hall–Kier alpha value is -0.710. The molecule has 1 aromatic heterocycles. The molecule has 2 aromatic rings. The molecule has 0 fully saturated rings. The zero-order chi connectivity index (χ0) is 8.55. The van der Waals surface area contributed by atoms with Crippen LogP contribution in [0.15, 0.2) is 30.5 Å². The Morgan fingerprint density at radius 2 is 2.08 bits per heavy atom. The van der Waals surface area contributed by atoms with Gasteiger partial charge in [-0.05, 0) is 46.9 Å². The highest BCUT2D eigenvalue weighted by molar-refractivity contribution is 14.1. The van der Waals surface area contributed by atoms with Gasteiger partial charge in [-0.2, -0.15) is 0 Å². The highest BCUT2D eigenvalue weighted by atomic mass is 127. The SMILES string of the molecule is Fc1cnc2ccc(I)cc2c1. The predicted octanol–water partition coefficient (Wildman–Crippen LogP) is 2.98. The molecule has 0 bridgehead atoms. The van der Waals surface area contributed by atoms with Crippen LogP contribution >= 0.6 is 22.6 Å². The smallest absolute Gasteiger partial charge is 0.142 e. The second kappa shape index (κ2) is 2.97. The third-order valence-electron chi connectivity index (χ3n) is 1.61. The number of aromatic nitrogens is 1. The molecule has 0 saturated heterocycles. The highest BCUT2D eigenvalue weighted by Crippen LogP contribution is 2.15. The van der Waals surface area contributed by atoms with Gasteiger partial charge in [0, 0.05) is 8.96 Å². The second-order valence-corrected chi connectivity index (χ2v) is 3.74. The molecule has 0 aliphatic rings. The number of benzene rings is 1. The van der Waals surface area contributed by atoms with E-state index in [9.17, 15) is 4.39 Å². The van der Waals surface area contributed by atoms with Crippen LogP contribution in [0.4, 0.5) is 4.39 Å². The number of pyridine rings is 1. The fourth-order valence-electron chi connectivity index (χ4n) is 1.08. The molecule has 0 unspecified atom stereocenters. The van der Waals surface area contributed by atoms with Gasteiger partial charge in [0.15, 0.2) is 0 Å². The van der Waals surface area contributed by atoms with Crippen molar-refractivity contribution in [2.75, 3.05) is 0 Å². The van der Waals surface area contributed by atoms with E-state index in [1.54, 1.807) is 0 Å². The fourth-order valence-corrected chi connectivity index (χ4v) is 1.59. The van der Waals surface area contributed by atoms with E-state index < -0.39 is 0 Å². The molecule has 1 aromatic carbocycles. The van der Waals surface area contributed by atoms with Crippen molar-refractivity contribution in [3.8, 4) is 0 Å². The van der Waals surface area contributed by atoms with E-state index in [4.69, 9.17) is 0 Å². The molecule has 0 aliphatic carbocycles. The average Bonchev–Trinajstić information content (AvgIpc) is 2.03. The lowest BCUT2D eigenvalue weighted by Gasteiger charge is -1.96. The van der Waals surface area contributed by atoms with Gasteiger partial charge in [0.1, 0.15) is 5.82 Å². The Labute approximate surface area is 82.8 Å². The maximum Gasteiger partial charge on any atom is 0.142 e. The summed E-state index contributed by atoms with van der Waals surface area (Å²) in [6.45, 7) is 0. The van der Waals surface area contributed by atoms with Crippen molar-refractivity contribution in [1.29, 1.82) is 0 Å². The lowest BCUT2D eigenvalue weighted by Crippen LogP contribution is -1.81. The largest absolute Gasteiger partial charge is 0.253 e. The second-order valence-electron chi connectivity index (χ2n) is 2.49. The monoisotopic (exact) mass is 273 g/mol. The molecule has 60 valence electrons. The normalized spacial score (nSPS) is 10.5. The van der Waals surface area contributed by atoms with Crippen molar-refractivity contribution in [2.24, 2.45) is 0 Å². The number of halogens is 2. The van der Waals surface area contributed by atoms with Crippen molar-refractivity contribution in [3.05, 3.63) is 39.8 Å². The molecule has 2 rings (SSSR count). The molecular formula is C9H5FIN. The zero-order valence-electron chi connectivity index (χ0n) is 6.09. The van der Waals surface area contributed by atoms with Gasteiger partial charge in [-0.3, -0.25) is 4.98 Å². The summed E-state index contributed by atoms with van der Waals surface area (Å²) >= 11 is 2.19. The first-order valence-electron chi connectivity index (χ1n) is 3.46. The molecule has 1 nitrogen and oxygen atoms in total. The van der Waals surface area contributed by atoms with Gasteiger partial charge in [0.25, 0.3) is 0 Å². The number of hydrogen-bond acceptors (Lipinski definition) is 1. The Morgan fingerprint density at radius 1 is 1.25 bits per heavy atom. The van der Waals surface area contributed by atoms with Gasteiger partial charge in [0.05, 0.1) is 11.7 Å². The lowest BCUT2D eigenvalue weighted by atomic mass is 10.2. The molecule has 0 atom stereocenters. The van der Waals surface area contributed by atoms with Crippen LogP contribution in [0.5, 0.6) is 0 Å². The van der Waals surface area contributed by atoms with E-state index >= 15 is 0 Å². The van der Waals surface area contributed by atoms with Crippen LogP contribution in [0.1, 0.15) is 0 Å². The van der Waals surface area contributed by atoms with Crippen LogP contribution in [0.2, 0.25) is 0 Å². The van der Waals surface area contributed by atoms with Gasteiger partial charge in [0.2, 0.25) is 0 Å². The summed E-state index contributed by atoms with van der Waals surface area (Å²) in [6.07, 6.45) is 1.23. The molecule has 12 heavy (non-hydrogen) atoms. The van der Waals surface area contributed by atoms with Crippen LogP contribution in [-0.4, -0.2) is 4.98 Å². The molecule has 0 spiro atoms. The Bertz CT molecular complexity index is 391. The lowest BCUT2D eigenvalue weighted by molar-refractivity contribution is 0.624. The first-order valence-corrected chi connectivity index (χ1v) is 4.54. The molecule has 3 heteroatoms. The minimum Gasteiger partial charge on any atom is -0.253 e. The molecule has 0 N–H and O–H groups in total. The number of rotatable bonds is 0. The van der Waals surface area contributed by atoms with Crippen molar-refractivity contribution >= 4 is 33.5 Å². The third kappa shape index (κ3) is 1.41. The van der Waals surface area contributed by atoms with E-state index in [0.29, 0.717) is 0 Å². The summed E-state index contributed by atoms with van der Waals surface area (Å²) < 4.78 is 13.8. The minimum absolute atomic E-state index is 0.287. The van der Waals surface area contributed by atoms with E-state index in [0.717, 1.165) is 14.5 Å². The summed E-state index contributed by atoms with van der Waals surface area (Å²) in [6, 6.07) is 7.24. The van der Waals surface area contributed by atoms with Crippen molar-refractivity contribution in [1.82, 2.24) is 4.98 Å².